The summed E-state index contributed by atoms with van der Waals surface area (Å²) in [6, 6.07) is 6.36. The van der Waals surface area contributed by atoms with Gasteiger partial charge < -0.3 is 14.8 Å². The molecule has 0 heterocycles. The third-order valence-electron chi connectivity index (χ3n) is 4.57. The Morgan fingerprint density at radius 3 is 2.00 bits per heavy atom. The van der Waals surface area contributed by atoms with Crippen LogP contribution in [0.4, 0.5) is 4.79 Å². The molecule has 1 saturated carbocycles. The summed E-state index contributed by atoms with van der Waals surface area (Å²) in [4.78, 5) is 25.2. The smallest absolute Gasteiger partial charge is 0.408 e. The van der Waals surface area contributed by atoms with Gasteiger partial charge in [0, 0.05) is 0 Å². The number of alkyl carbamates (subject to hydrolysis) is 1. The van der Waals surface area contributed by atoms with E-state index >= 15 is 0 Å². The number of ether oxygens (including phenoxy) is 2. The monoisotopic (exact) mass is 455 g/mol. The number of carbonyl (C=O) groups excluding carboxylic acids is 2. The van der Waals surface area contributed by atoms with Crippen molar-refractivity contribution in [2.24, 2.45) is 5.92 Å². The van der Waals surface area contributed by atoms with Crippen molar-refractivity contribution in [3.05, 3.63) is 29.8 Å². The molecule has 1 aliphatic carbocycles. The molecule has 0 atom stereocenters. The van der Waals surface area contributed by atoms with Crippen molar-refractivity contribution in [3.8, 4) is 0 Å². The Morgan fingerprint density at radius 2 is 1.52 bits per heavy atom. The Balaban J connectivity index is 2.05. The standard InChI is InChI=1S/C22H33NO7S/c1-15-8-10-17(11-9-15)31(26,27)28-14-16-12-22(13-16,18(24)29-20(2,3)4)23-19(25)30-21(5,6)7/h8-11,16H,12-14H2,1-7H3,(H,23,25). The Hall–Kier alpha value is -2.13. The molecule has 1 aromatic rings. The Bertz CT molecular complexity index is 903. The molecule has 2 rings (SSSR count). The second kappa shape index (κ2) is 8.78. The van der Waals surface area contributed by atoms with E-state index in [2.05, 4.69) is 5.32 Å². The highest BCUT2D eigenvalue weighted by atomic mass is 32.2. The molecule has 0 saturated heterocycles. The lowest BCUT2D eigenvalue weighted by Crippen LogP contribution is -2.65. The Labute approximate surface area is 184 Å². The Kier molecular flexibility index (Phi) is 7.12. The van der Waals surface area contributed by atoms with E-state index in [9.17, 15) is 18.0 Å². The lowest BCUT2D eigenvalue weighted by Gasteiger charge is -2.46. The molecule has 9 heteroatoms. The van der Waals surface area contributed by atoms with Gasteiger partial charge in [-0.1, -0.05) is 17.7 Å². The summed E-state index contributed by atoms with van der Waals surface area (Å²) in [5, 5.41) is 2.63. The highest BCUT2D eigenvalue weighted by molar-refractivity contribution is 7.86. The van der Waals surface area contributed by atoms with Crippen molar-refractivity contribution in [3.63, 3.8) is 0 Å². The first-order chi connectivity index (χ1) is 14.0. The van der Waals surface area contributed by atoms with E-state index in [-0.39, 0.29) is 30.3 Å². The van der Waals surface area contributed by atoms with Crippen molar-refractivity contribution >= 4 is 22.2 Å². The van der Waals surface area contributed by atoms with E-state index in [1.165, 1.54) is 12.1 Å². The fourth-order valence-corrected chi connectivity index (χ4v) is 4.17. The van der Waals surface area contributed by atoms with Crippen LogP contribution < -0.4 is 5.32 Å². The second-order valence-electron chi connectivity index (χ2n) is 10.0. The zero-order chi connectivity index (χ0) is 23.7. The Morgan fingerprint density at radius 1 is 1.00 bits per heavy atom. The topological polar surface area (TPSA) is 108 Å². The zero-order valence-corrected chi connectivity index (χ0v) is 20.1. The van der Waals surface area contributed by atoms with E-state index < -0.39 is 38.9 Å². The number of aryl methyl sites for hydroxylation is 1. The third-order valence-corrected chi connectivity index (χ3v) is 5.87. The minimum Gasteiger partial charge on any atom is -0.458 e. The maximum Gasteiger partial charge on any atom is 0.408 e. The maximum absolute atomic E-state index is 12.8. The molecule has 8 nitrogen and oxygen atoms in total. The molecule has 1 N–H and O–H groups in total. The van der Waals surface area contributed by atoms with Crippen LogP contribution in [0.15, 0.2) is 29.2 Å². The van der Waals surface area contributed by atoms with Gasteiger partial charge in [-0.2, -0.15) is 8.42 Å². The molecule has 0 aliphatic heterocycles. The van der Waals surface area contributed by atoms with Crippen LogP contribution in [-0.2, 0) is 28.6 Å². The molecule has 0 aromatic heterocycles. The zero-order valence-electron chi connectivity index (χ0n) is 19.3. The minimum atomic E-state index is -3.91. The molecule has 1 aromatic carbocycles. The van der Waals surface area contributed by atoms with Crippen LogP contribution in [0.25, 0.3) is 0 Å². The summed E-state index contributed by atoms with van der Waals surface area (Å²) >= 11 is 0. The third kappa shape index (κ3) is 7.21. The lowest BCUT2D eigenvalue weighted by atomic mass is 9.68. The summed E-state index contributed by atoms with van der Waals surface area (Å²) in [7, 11) is -3.91. The molecule has 1 fully saturated rings. The van der Waals surface area contributed by atoms with Crippen molar-refractivity contribution in [2.75, 3.05) is 6.61 Å². The summed E-state index contributed by atoms with van der Waals surface area (Å²) in [6.07, 6.45) is -0.361. The summed E-state index contributed by atoms with van der Waals surface area (Å²) in [5.74, 6) is -0.828. The van der Waals surface area contributed by atoms with E-state index in [1.54, 1.807) is 53.7 Å². The molecule has 31 heavy (non-hydrogen) atoms. The second-order valence-corrected chi connectivity index (χ2v) is 11.7. The van der Waals surface area contributed by atoms with Crippen LogP contribution in [0.1, 0.15) is 59.9 Å². The van der Waals surface area contributed by atoms with Gasteiger partial charge in [0.25, 0.3) is 10.1 Å². The fourth-order valence-electron chi connectivity index (χ4n) is 3.20. The van der Waals surface area contributed by atoms with Crippen LogP contribution >= 0.6 is 0 Å². The molecular weight excluding hydrogens is 422 g/mol. The van der Waals surface area contributed by atoms with Gasteiger partial charge in [-0.15, -0.1) is 0 Å². The molecule has 0 unspecified atom stereocenters. The average Bonchev–Trinajstić information content (AvgIpc) is 2.53. The van der Waals surface area contributed by atoms with Crippen molar-refractivity contribution in [2.45, 2.75) is 82.9 Å². The van der Waals surface area contributed by atoms with Crippen LogP contribution in [0.3, 0.4) is 0 Å². The van der Waals surface area contributed by atoms with Crippen LogP contribution in [0.5, 0.6) is 0 Å². The number of amides is 1. The molecule has 0 radical (unpaired) electrons. The number of hydrogen-bond acceptors (Lipinski definition) is 7. The van der Waals surface area contributed by atoms with Gasteiger partial charge in [0.05, 0.1) is 11.5 Å². The van der Waals surface area contributed by atoms with Crippen LogP contribution in [-0.4, -0.2) is 43.8 Å². The van der Waals surface area contributed by atoms with Gasteiger partial charge in [-0.3, -0.25) is 4.18 Å². The summed E-state index contributed by atoms with van der Waals surface area (Å²) < 4.78 is 40.8. The van der Waals surface area contributed by atoms with Crippen molar-refractivity contribution in [1.82, 2.24) is 5.32 Å². The largest absolute Gasteiger partial charge is 0.458 e. The molecule has 0 spiro atoms. The molecule has 0 bridgehead atoms. The van der Waals surface area contributed by atoms with Gasteiger partial charge in [0.1, 0.15) is 16.7 Å². The van der Waals surface area contributed by atoms with Crippen LogP contribution in [0, 0.1) is 12.8 Å². The maximum atomic E-state index is 12.8. The van der Waals surface area contributed by atoms with Crippen LogP contribution in [0.2, 0.25) is 0 Å². The number of nitrogens with one attached hydrogen (secondary N) is 1. The quantitative estimate of drug-likeness (QED) is 0.514. The summed E-state index contributed by atoms with van der Waals surface area (Å²) in [6.45, 7) is 12.1. The number of hydrogen-bond donors (Lipinski definition) is 1. The van der Waals surface area contributed by atoms with E-state index in [0.29, 0.717) is 0 Å². The number of esters is 1. The highest BCUT2D eigenvalue weighted by Crippen LogP contribution is 2.40. The first-order valence-electron chi connectivity index (χ1n) is 10.2. The molecule has 1 amide bonds. The molecule has 1 aliphatic rings. The number of benzene rings is 1. The van der Waals surface area contributed by atoms with Crippen molar-refractivity contribution < 1.29 is 31.7 Å². The first-order valence-corrected chi connectivity index (χ1v) is 11.6. The summed E-state index contributed by atoms with van der Waals surface area (Å²) in [5.41, 5.74) is -1.81. The predicted octanol–water partition coefficient (Wildman–Crippen LogP) is 3.72. The molecule has 174 valence electrons. The van der Waals surface area contributed by atoms with Gasteiger partial charge in [0.15, 0.2) is 0 Å². The predicted molar refractivity (Wildman–Crippen MR) is 115 cm³/mol. The van der Waals surface area contributed by atoms with Gasteiger partial charge in [-0.25, -0.2) is 9.59 Å². The van der Waals surface area contributed by atoms with E-state index in [4.69, 9.17) is 13.7 Å². The number of carbonyl (C=O) groups is 2. The first kappa shape index (κ1) is 25.1. The van der Waals surface area contributed by atoms with E-state index in [1.807, 2.05) is 6.92 Å². The average molecular weight is 456 g/mol. The lowest BCUT2D eigenvalue weighted by molar-refractivity contribution is -0.170. The van der Waals surface area contributed by atoms with Gasteiger partial charge >= 0.3 is 12.1 Å². The molecular formula is C22H33NO7S. The highest BCUT2D eigenvalue weighted by Gasteiger charge is 2.54. The van der Waals surface area contributed by atoms with Crippen molar-refractivity contribution in [1.29, 1.82) is 0 Å². The van der Waals surface area contributed by atoms with Gasteiger partial charge in [0.2, 0.25) is 0 Å². The van der Waals surface area contributed by atoms with E-state index in [0.717, 1.165) is 5.56 Å². The fraction of sp³-hybridized carbons (Fsp3) is 0.636. The van der Waals surface area contributed by atoms with Gasteiger partial charge in [-0.05, 0) is 79.4 Å². The SMILES string of the molecule is Cc1ccc(S(=O)(=O)OCC2CC(NC(=O)OC(C)(C)C)(C(=O)OC(C)(C)C)C2)cc1. The number of rotatable bonds is 6. The minimum absolute atomic E-state index is 0.0720. The normalized spacial score (nSPS) is 21.7.